The van der Waals surface area contributed by atoms with Crippen molar-refractivity contribution < 1.29 is 14.3 Å². The van der Waals surface area contributed by atoms with Crippen LogP contribution < -0.4 is 14.8 Å². The molecule has 1 amide bonds. The smallest absolute Gasteiger partial charge is 0.264 e. The molecule has 2 aromatic rings. The summed E-state index contributed by atoms with van der Waals surface area (Å²) < 4.78 is 14.0. The second-order valence-corrected chi connectivity index (χ2v) is 3.89. The van der Waals surface area contributed by atoms with Gasteiger partial charge in [0.2, 0.25) is 5.13 Å². The van der Waals surface area contributed by atoms with Crippen LogP contribution in [0.1, 0.15) is 0 Å². The highest BCUT2D eigenvalue weighted by molar-refractivity contribution is 7.09. The van der Waals surface area contributed by atoms with Gasteiger partial charge in [0.1, 0.15) is 0 Å². The molecule has 0 unspecified atom stereocenters. The molecule has 0 saturated carbocycles. The molecule has 0 spiro atoms. The van der Waals surface area contributed by atoms with Crippen LogP contribution in [0.15, 0.2) is 24.3 Å². The van der Waals surface area contributed by atoms with Crippen molar-refractivity contribution in [1.29, 1.82) is 0 Å². The fourth-order valence-electron chi connectivity index (χ4n) is 1.22. The number of carbonyl (C=O) groups is 1. The van der Waals surface area contributed by atoms with Crippen LogP contribution in [0.25, 0.3) is 0 Å². The predicted molar refractivity (Wildman–Crippen MR) is 64.8 cm³/mol. The van der Waals surface area contributed by atoms with Crippen LogP contribution in [-0.4, -0.2) is 34.4 Å². The summed E-state index contributed by atoms with van der Waals surface area (Å²) in [5.74, 6) is 0.743. The van der Waals surface area contributed by atoms with Gasteiger partial charge in [0.05, 0.1) is 7.11 Å². The van der Waals surface area contributed by atoms with Gasteiger partial charge >= 0.3 is 0 Å². The minimum absolute atomic E-state index is 0.139. The summed E-state index contributed by atoms with van der Waals surface area (Å²) in [5.41, 5.74) is 0. The number of hydrogen-bond acceptors (Lipinski definition) is 7. The van der Waals surface area contributed by atoms with Gasteiger partial charge in [-0.05, 0) is 17.3 Å². The molecule has 0 aliphatic heterocycles. The zero-order chi connectivity index (χ0) is 12.8. The van der Waals surface area contributed by atoms with Gasteiger partial charge in [0.15, 0.2) is 18.1 Å². The first kappa shape index (κ1) is 12.2. The Hall–Kier alpha value is -2.22. The average molecular weight is 266 g/mol. The molecule has 2 rings (SSSR count). The van der Waals surface area contributed by atoms with Crippen molar-refractivity contribution >= 4 is 22.6 Å². The third-order valence-electron chi connectivity index (χ3n) is 1.97. The lowest BCUT2D eigenvalue weighted by Crippen LogP contribution is -2.20. The van der Waals surface area contributed by atoms with Gasteiger partial charge in [-0.25, -0.2) is 0 Å². The lowest BCUT2D eigenvalue weighted by molar-refractivity contribution is -0.118. The van der Waals surface area contributed by atoms with Gasteiger partial charge < -0.3 is 9.47 Å². The number of anilines is 1. The van der Waals surface area contributed by atoms with E-state index in [4.69, 9.17) is 9.47 Å². The van der Waals surface area contributed by atoms with Crippen LogP contribution in [0, 0.1) is 0 Å². The number of nitrogens with one attached hydrogen (secondary N) is 1. The number of ether oxygens (including phenoxy) is 2. The number of amides is 1. The highest BCUT2D eigenvalue weighted by Gasteiger charge is 2.08. The summed E-state index contributed by atoms with van der Waals surface area (Å²) in [4.78, 5) is 11.5. The van der Waals surface area contributed by atoms with Crippen molar-refractivity contribution in [1.82, 2.24) is 14.8 Å². The number of methoxy groups -OCH3 is 1. The molecule has 1 N–H and O–H groups in total. The van der Waals surface area contributed by atoms with E-state index in [0.29, 0.717) is 16.6 Å². The van der Waals surface area contributed by atoms with E-state index in [1.807, 2.05) is 6.07 Å². The Morgan fingerprint density at radius 1 is 1.39 bits per heavy atom. The SMILES string of the molecule is COc1ccccc1OCC(=O)Nc1nnns1. The number of nitrogens with zero attached hydrogens (tertiary/aromatic N) is 3. The summed E-state index contributed by atoms with van der Waals surface area (Å²) >= 11 is 0.996. The van der Waals surface area contributed by atoms with Crippen molar-refractivity contribution in [3.63, 3.8) is 0 Å². The first-order valence-electron chi connectivity index (χ1n) is 5.00. The van der Waals surface area contributed by atoms with Crippen molar-refractivity contribution in [2.24, 2.45) is 0 Å². The third kappa shape index (κ3) is 3.14. The van der Waals surface area contributed by atoms with Crippen molar-refractivity contribution in [3.8, 4) is 11.5 Å². The maximum Gasteiger partial charge on any atom is 0.264 e. The van der Waals surface area contributed by atoms with E-state index >= 15 is 0 Å². The fraction of sp³-hybridized carbons (Fsp3) is 0.200. The Morgan fingerprint density at radius 3 is 2.83 bits per heavy atom. The van der Waals surface area contributed by atoms with Gasteiger partial charge in [-0.15, -0.1) is 0 Å². The van der Waals surface area contributed by atoms with Crippen LogP contribution in [-0.2, 0) is 4.79 Å². The number of aromatic nitrogens is 3. The van der Waals surface area contributed by atoms with Crippen LogP contribution in [0.2, 0.25) is 0 Å². The monoisotopic (exact) mass is 266 g/mol. The fourth-order valence-corrected chi connectivity index (χ4v) is 1.60. The molecule has 0 saturated heterocycles. The molecule has 1 aromatic heterocycles. The van der Waals surface area contributed by atoms with Crippen molar-refractivity contribution in [2.75, 3.05) is 19.0 Å². The second-order valence-electron chi connectivity index (χ2n) is 3.16. The Morgan fingerprint density at radius 2 is 2.17 bits per heavy atom. The van der Waals surface area contributed by atoms with Crippen LogP contribution in [0.5, 0.6) is 11.5 Å². The molecule has 0 fully saturated rings. The summed E-state index contributed by atoms with van der Waals surface area (Å²) in [6, 6.07) is 7.09. The Balaban J connectivity index is 1.89. The molecule has 18 heavy (non-hydrogen) atoms. The van der Waals surface area contributed by atoms with E-state index in [0.717, 1.165) is 11.5 Å². The number of para-hydroxylation sites is 2. The minimum atomic E-state index is -0.334. The van der Waals surface area contributed by atoms with Crippen LogP contribution in [0.4, 0.5) is 5.13 Å². The van der Waals surface area contributed by atoms with Gasteiger partial charge in [0, 0.05) is 11.5 Å². The molecule has 0 aliphatic carbocycles. The molecule has 0 atom stereocenters. The van der Waals surface area contributed by atoms with E-state index in [9.17, 15) is 4.79 Å². The van der Waals surface area contributed by atoms with Gasteiger partial charge in [-0.3, -0.25) is 10.1 Å². The summed E-state index contributed by atoms with van der Waals surface area (Å²) in [7, 11) is 1.54. The molecular weight excluding hydrogens is 256 g/mol. The average Bonchev–Trinajstić information content (AvgIpc) is 2.89. The maximum absolute atomic E-state index is 11.5. The second kappa shape index (κ2) is 5.92. The van der Waals surface area contributed by atoms with Crippen LogP contribution >= 0.6 is 11.5 Å². The normalized spacial score (nSPS) is 9.83. The molecule has 94 valence electrons. The lowest BCUT2D eigenvalue weighted by Gasteiger charge is -2.09. The minimum Gasteiger partial charge on any atom is -0.493 e. The molecule has 7 nitrogen and oxygen atoms in total. The summed E-state index contributed by atoms with van der Waals surface area (Å²) in [5, 5.41) is 9.80. The van der Waals surface area contributed by atoms with E-state index in [2.05, 4.69) is 20.1 Å². The third-order valence-corrected chi connectivity index (χ3v) is 2.48. The van der Waals surface area contributed by atoms with Gasteiger partial charge in [-0.2, -0.15) is 0 Å². The van der Waals surface area contributed by atoms with E-state index in [1.54, 1.807) is 18.2 Å². The zero-order valence-electron chi connectivity index (χ0n) is 9.49. The molecule has 1 aromatic carbocycles. The number of carbonyl (C=O) groups excluding carboxylic acids is 1. The Kier molecular flexibility index (Phi) is 4.02. The Labute approximate surface area is 107 Å². The van der Waals surface area contributed by atoms with Crippen molar-refractivity contribution in [2.45, 2.75) is 0 Å². The van der Waals surface area contributed by atoms with Crippen LogP contribution in [0.3, 0.4) is 0 Å². The van der Waals surface area contributed by atoms with Gasteiger partial charge in [0.25, 0.3) is 5.91 Å². The zero-order valence-corrected chi connectivity index (χ0v) is 10.3. The first-order valence-corrected chi connectivity index (χ1v) is 5.77. The summed E-state index contributed by atoms with van der Waals surface area (Å²) in [6.07, 6.45) is 0. The van der Waals surface area contributed by atoms with E-state index in [-0.39, 0.29) is 12.5 Å². The lowest BCUT2D eigenvalue weighted by atomic mass is 10.3. The molecule has 8 heteroatoms. The predicted octanol–water partition coefficient (Wildman–Crippen LogP) is 0.959. The van der Waals surface area contributed by atoms with E-state index < -0.39 is 0 Å². The molecular formula is C10H10N4O3S. The first-order chi connectivity index (χ1) is 8.79. The summed E-state index contributed by atoms with van der Waals surface area (Å²) in [6.45, 7) is -0.139. The number of benzene rings is 1. The highest BCUT2D eigenvalue weighted by Crippen LogP contribution is 2.25. The maximum atomic E-state index is 11.5. The molecule has 1 heterocycles. The van der Waals surface area contributed by atoms with Gasteiger partial charge in [-0.1, -0.05) is 21.7 Å². The number of hydrogen-bond donors (Lipinski definition) is 1. The largest absolute Gasteiger partial charge is 0.493 e. The Bertz CT molecular complexity index is 518. The van der Waals surface area contributed by atoms with E-state index in [1.165, 1.54) is 7.11 Å². The topological polar surface area (TPSA) is 86.2 Å². The number of rotatable bonds is 5. The molecule has 0 radical (unpaired) electrons. The molecule has 0 aliphatic rings. The highest BCUT2D eigenvalue weighted by atomic mass is 32.1. The van der Waals surface area contributed by atoms with Crippen molar-refractivity contribution in [3.05, 3.63) is 24.3 Å². The standard InChI is InChI=1S/C10H10N4O3S/c1-16-7-4-2-3-5-8(7)17-6-9(15)11-10-12-13-14-18-10/h2-5H,6H2,1H3,(H,11,12,14,15). The molecule has 0 bridgehead atoms. The quantitative estimate of drug-likeness (QED) is 0.867.